The fourth-order valence-corrected chi connectivity index (χ4v) is 3.78. The molecule has 0 radical (unpaired) electrons. The van der Waals surface area contributed by atoms with Gasteiger partial charge in [-0.1, -0.05) is 0 Å². The molecule has 10 heteroatoms. The second-order valence-corrected chi connectivity index (χ2v) is 7.19. The molecule has 4 rings (SSSR count). The third kappa shape index (κ3) is 3.63. The Hall–Kier alpha value is -3.40. The molecule has 0 amide bonds. The summed E-state index contributed by atoms with van der Waals surface area (Å²) in [5.74, 6) is -4.29. The summed E-state index contributed by atoms with van der Waals surface area (Å²) in [7, 11) is 0. The number of nitrogens with zero attached hydrogens (tertiary/aromatic N) is 2. The molecule has 2 aromatic carbocycles. The number of pyridine rings is 1. The number of fused-ring (bicyclic) bond motifs is 1. The van der Waals surface area contributed by atoms with Crippen molar-refractivity contribution in [1.82, 2.24) is 9.88 Å². The number of piperazine rings is 1. The molecule has 1 aromatic heterocycles. The molecule has 1 fully saturated rings. The summed E-state index contributed by atoms with van der Waals surface area (Å²) in [5, 5.41) is 11.8. The first-order chi connectivity index (χ1) is 14.8. The van der Waals surface area contributed by atoms with Crippen LogP contribution in [-0.2, 0) is 0 Å². The predicted octanol–water partition coefficient (Wildman–Crippen LogP) is 2.85. The van der Waals surface area contributed by atoms with Gasteiger partial charge in [0.05, 0.1) is 16.9 Å². The first-order valence-corrected chi connectivity index (χ1v) is 9.42. The molecule has 0 saturated carbocycles. The van der Waals surface area contributed by atoms with E-state index in [9.17, 15) is 27.9 Å². The van der Waals surface area contributed by atoms with Crippen molar-refractivity contribution < 1.29 is 27.5 Å². The summed E-state index contributed by atoms with van der Waals surface area (Å²) in [4.78, 5) is 25.5. The van der Waals surface area contributed by atoms with E-state index in [1.54, 1.807) is 0 Å². The van der Waals surface area contributed by atoms with Crippen LogP contribution in [0.5, 0.6) is 0 Å². The third-order valence-electron chi connectivity index (χ3n) is 5.25. The lowest BCUT2D eigenvalue weighted by molar-refractivity contribution is 0.0695. The molecule has 1 aliphatic rings. The molecule has 162 valence electrons. The number of carboxylic acids is 1. The number of alkyl halides is 1. The van der Waals surface area contributed by atoms with Crippen LogP contribution >= 0.6 is 0 Å². The van der Waals surface area contributed by atoms with Crippen molar-refractivity contribution in [2.75, 3.05) is 31.2 Å². The highest BCUT2D eigenvalue weighted by atomic mass is 19.1. The second-order valence-electron chi connectivity index (χ2n) is 7.19. The van der Waals surface area contributed by atoms with E-state index in [0.29, 0.717) is 6.54 Å². The number of anilines is 1. The molecule has 0 spiro atoms. The molecule has 1 atom stereocenters. The van der Waals surface area contributed by atoms with Gasteiger partial charge < -0.3 is 19.9 Å². The maximum Gasteiger partial charge on any atom is 0.341 e. The Kier molecular flexibility index (Phi) is 5.40. The zero-order valence-electron chi connectivity index (χ0n) is 16.0. The van der Waals surface area contributed by atoms with Crippen LogP contribution in [-0.4, -0.2) is 48.0 Å². The van der Waals surface area contributed by atoms with E-state index in [1.165, 1.54) is 17.0 Å². The van der Waals surface area contributed by atoms with Gasteiger partial charge in [0.2, 0.25) is 5.43 Å². The summed E-state index contributed by atoms with van der Waals surface area (Å²) in [5.41, 5.74) is -2.36. The number of aromatic nitrogens is 1. The summed E-state index contributed by atoms with van der Waals surface area (Å²) < 4.78 is 58.2. The van der Waals surface area contributed by atoms with Gasteiger partial charge in [-0.15, -0.1) is 0 Å². The molecule has 0 aliphatic carbocycles. The fourth-order valence-electron chi connectivity index (χ4n) is 3.78. The normalized spacial score (nSPS) is 16.6. The topological polar surface area (TPSA) is 74.6 Å². The van der Waals surface area contributed by atoms with Crippen molar-refractivity contribution in [3.05, 3.63) is 69.8 Å². The molecule has 1 aliphatic heterocycles. The standard InChI is InChI=1S/C21H17F4N3O3/c22-8-12-9-27(6-5-26-12)19-16(24)7-14-18(17(19)25)28(10-15(20(14)29)21(30)31)13-3-1-11(23)2-4-13/h1-4,7,10,12,26H,5-6,8-9H2,(H,30,31). The highest BCUT2D eigenvalue weighted by Gasteiger charge is 2.28. The van der Waals surface area contributed by atoms with E-state index < -0.39 is 58.2 Å². The van der Waals surface area contributed by atoms with Gasteiger partial charge in [0.25, 0.3) is 0 Å². The van der Waals surface area contributed by atoms with Crippen molar-refractivity contribution >= 4 is 22.6 Å². The molecule has 0 bridgehead atoms. The Bertz CT molecular complexity index is 1230. The van der Waals surface area contributed by atoms with Gasteiger partial charge >= 0.3 is 5.97 Å². The molecule has 1 unspecified atom stereocenters. The van der Waals surface area contributed by atoms with Crippen LogP contribution < -0.4 is 15.6 Å². The van der Waals surface area contributed by atoms with Crippen LogP contribution in [0.2, 0.25) is 0 Å². The van der Waals surface area contributed by atoms with Gasteiger partial charge in [0, 0.05) is 31.5 Å². The maximum absolute atomic E-state index is 15.7. The average molecular weight is 435 g/mol. The Balaban J connectivity index is 2.03. The van der Waals surface area contributed by atoms with Crippen molar-refractivity contribution in [3.63, 3.8) is 0 Å². The first kappa shape index (κ1) is 20.9. The minimum atomic E-state index is -1.57. The van der Waals surface area contributed by atoms with Gasteiger partial charge in [0.15, 0.2) is 5.82 Å². The molecule has 3 aromatic rings. The number of carboxylic acid groups (broad SMARTS) is 1. The molecule has 2 N–H and O–H groups in total. The smallest absolute Gasteiger partial charge is 0.341 e. The first-order valence-electron chi connectivity index (χ1n) is 9.42. The summed E-state index contributed by atoms with van der Waals surface area (Å²) in [6, 6.07) is 4.90. The highest BCUT2D eigenvalue weighted by Crippen LogP contribution is 2.32. The Morgan fingerprint density at radius 3 is 2.55 bits per heavy atom. The SMILES string of the molecule is O=C(O)c1cn(-c2ccc(F)cc2)c2c(F)c(N3CCNC(CF)C3)c(F)cc2c1=O. The summed E-state index contributed by atoms with van der Waals surface area (Å²) >= 11 is 0. The zero-order valence-corrected chi connectivity index (χ0v) is 16.0. The zero-order chi connectivity index (χ0) is 22.3. The lowest BCUT2D eigenvalue weighted by atomic mass is 10.1. The van der Waals surface area contributed by atoms with E-state index in [4.69, 9.17) is 0 Å². The van der Waals surface area contributed by atoms with Gasteiger partial charge in [-0.05, 0) is 30.3 Å². The highest BCUT2D eigenvalue weighted by molar-refractivity contribution is 5.94. The fraction of sp³-hybridized carbons (Fsp3) is 0.238. The van der Waals surface area contributed by atoms with E-state index >= 15 is 4.39 Å². The van der Waals surface area contributed by atoms with Crippen LogP contribution in [0.4, 0.5) is 23.2 Å². The lowest BCUT2D eigenvalue weighted by Gasteiger charge is -2.34. The van der Waals surface area contributed by atoms with E-state index in [0.717, 1.165) is 29.0 Å². The second kappa shape index (κ2) is 8.03. The van der Waals surface area contributed by atoms with Gasteiger partial charge in [-0.2, -0.15) is 0 Å². The Labute approximate surface area is 173 Å². The van der Waals surface area contributed by atoms with E-state index in [-0.39, 0.29) is 24.3 Å². The summed E-state index contributed by atoms with van der Waals surface area (Å²) in [6.07, 6.45) is 0.924. The summed E-state index contributed by atoms with van der Waals surface area (Å²) in [6.45, 7) is -0.225. The number of nitrogens with one attached hydrogen (secondary N) is 1. The van der Waals surface area contributed by atoms with Crippen LogP contribution in [0.25, 0.3) is 16.6 Å². The monoisotopic (exact) mass is 435 g/mol. The number of hydrogen-bond acceptors (Lipinski definition) is 4. The molecular weight excluding hydrogens is 418 g/mol. The molecule has 2 heterocycles. The maximum atomic E-state index is 15.7. The van der Waals surface area contributed by atoms with E-state index in [2.05, 4.69) is 5.32 Å². The molecular formula is C21H17F4N3O3. The molecule has 31 heavy (non-hydrogen) atoms. The van der Waals surface area contributed by atoms with Crippen LogP contribution in [0, 0.1) is 17.5 Å². The number of hydrogen-bond donors (Lipinski definition) is 2. The van der Waals surface area contributed by atoms with Gasteiger partial charge in [-0.25, -0.2) is 22.4 Å². The predicted molar refractivity (Wildman–Crippen MR) is 106 cm³/mol. The number of benzene rings is 2. The third-order valence-corrected chi connectivity index (χ3v) is 5.25. The lowest BCUT2D eigenvalue weighted by Crippen LogP contribution is -2.52. The van der Waals surface area contributed by atoms with E-state index in [1.807, 2.05) is 0 Å². The van der Waals surface area contributed by atoms with Crippen LogP contribution in [0.1, 0.15) is 10.4 Å². The van der Waals surface area contributed by atoms with Gasteiger partial charge in [0.1, 0.15) is 29.6 Å². The minimum Gasteiger partial charge on any atom is -0.477 e. The molecule has 1 saturated heterocycles. The van der Waals surface area contributed by atoms with Crippen LogP contribution in [0.15, 0.2) is 41.3 Å². The van der Waals surface area contributed by atoms with Crippen molar-refractivity contribution in [1.29, 1.82) is 0 Å². The molecule has 6 nitrogen and oxygen atoms in total. The van der Waals surface area contributed by atoms with Crippen molar-refractivity contribution in [3.8, 4) is 5.69 Å². The Morgan fingerprint density at radius 2 is 1.90 bits per heavy atom. The quantitative estimate of drug-likeness (QED) is 0.617. The van der Waals surface area contributed by atoms with Gasteiger partial charge in [-0.3, -0.25) is 4.79 Å². The van der Waals surface area contributed by atoms with Crippen molar-refractivity contribution in [2.45, 2.75) is 6.04 Å². The van der Waals surface area contributed by atoms with Crippen LogP contribution in [0.3, 0.4) is 0 Å². The number of rotatable bonds is 4. The largest absolute Gasteiger partial charge is 0.477 e. The average Bonchev–Trinajstić information content (AvgIpc) is 2.75. The van der Waals surface area contributed by atoms with Crippen molar-refractivity contribution in [2.24, 2.45) is 0 Å². The number of halogens is 4. The number of aromatic carboxylic acids is 1. The minimum absolute atomic E-state index is 0.00381. The Morgan fingerprint density at radius 1 is 1.19 bits per heavy atom. The number of carbonyl (C=O) groups is 1.